The Morgan fingerprint density at radius 1 is 1.04 bits per heavy atom. The molecule has 1 saturated heterocycles. The summed E-state index contributed by atoms with van der Waals surface area (Å²) < 4.78 is 0. The Hall–Kier alpha value is -3.54. The molecule has 0 aliphatic carbocycles. The lowest BCUT2D eigenvalue weighted by molar-refractivity contribution is -0.134. The quantitative estimate of drug-likeness (QED) is 0.718. The van der Waals surface area contributed by atoms with Gasteiger partial charge in [0.25, 0.3) is 5.91 Å². The smallest absolute Gasteiger partial charge is 0.259 e. The van der Waals surface area contributed by atoms with E-state index in [0.29, 0.717) is 24.1 Å². The molecule has 1 unspecified atom stereocenters. The average Bonchev–Trinajstić information content (AvgIpc) is 2.98. The second-order valence-corrected chi connectivity index (χ2v) is 7.12. The first-order valence-corrected chi connectivity index (χ1v) is 9.25. The maximum absolute atomic E-state index is 13.1. The van der Waals surface area contributed by atoms with Crippen LogP contribution in [0.15, 0.2) is 54.7 Å². The maximum atomic E-state index is 13.1. The molecule has 1 atom stereocenters. The molecule has 0 spiro atoms. The van der Waals surface area contributed by atoms with Gasteiger partial charge in [-0.15, -0.1) is 0 Å². The molecule has 6 nitrogen and oxygen atoms in total. The van der Waals surface area contributed by atoms with Crippen LogP contribution in [0.4, 0.5) is 5.69 Å². The lowest BCUT2D eigenvalue weighted by atomic mass is 10.0. The summed E-state index contributed by atoms with van der Waals surface area (Å²) >= 11 is 0. The predicted octanol–water partition coefficient (Wildman–Crippen LogP) is 2.59. The van der Waals surface area contributed by atoms with Crippen LogP contribution in [0.25, 0.3) is 10.8 Å². The van der Waals surface area contributed by atoms with Gasteiger partial charge in [-0.25, -0.2) is 0 Å². The van der Waals surface area contributed by atoms with Crippen molar-refractivity contribution in [1.82, 2.24) is 10.3 Å². The van der Waals surface area contributed by atoms with E-state index in [0.717, 1.165) is 22.0 Å². The molecule has 1 aromatic heterocycles. The van der Waals surface area contributed by atoms with E-state index < -0.39 is 11.9 Å². The van der Waals surface area contributed by atoms with Gasteiger partial charge in [0.05, 0.1) is 17.6 Å². The normalized spacial score (nSPS) is 18.6. The second kappa shape index (κ2) is 6.27. The third-order valence-electron chi connectivity index (χ3n) is 5.42. The number of carbonyl (C=O) groups excluding carboxylic acids is 3. The zero-order chi connectivity index (χ0) is 19.3. The Bertz CT molecular complexity index is 1140. The molecule has 138 valence electrons. The van der Waals surface area contributed by atoms with E-state index >= 15 is 0 Å². The third-order valence-corrected chi connectivity index (χ3v) is 5.42. The van der Waals surface area contributed by atoms with Crippen LogP contribution in [0.5, 0.6) is 0 Å². The number of aromatic nitrogens is 1. The minimum Gasteiger partial charge on any atom is -0.295 e. The number of anilines is 1. The first kappa shape index (κ1) is 16.6. The van der Waals surface area contributed by atoms with Gasteiger partial charge in [-0.3, -0.25) is 29.6 Å². The van der Waals surface area contributed by atoms with E-state index in [4.69, 9.17) is 0 Å². The highest BCUT2D eigenvalue weighted by Crippen LogP contribution is 2.40. The van der Waals surface area contributed by atoms with Crippen molar-refractivity contribution in [2.45, 2.75) is 25.3 Å². The van der Waals surface area contributed by atoms with Gasteiger partial charge in [0.1, 0.15) is 6.04 Å². The van der Waals surface area contributed by atoms with Crippen molar-refractivity contribution in [2.24, 2.45) is 0 Å². The molecule has 28 heavy (non-hydrogen) atoms. The zero-order valence-corrected chi connectivity index (χ0v) is 15.0. The van der Waals surface area contributed by atoms with Crippen LogP contribution in [-0.2, 0) is 16.0 Å². The van der Waals surface area contributed by atoms with Crippen LogP contribution in [0.3, 0.4) is 0 Å². The summed E-state index contributed by atoms with van der Waals surface area (Å²) in [6, 6.07) is 15.0. The summed E-state index contributed by atoms with van der Waals surface area (Å²) in [5, 5.41) is 4.09. The number of hydrogen-bond acceptors (Lipinski definition) is 4. The molecule has 0 bridgehead atoms. The van der Waals surface area contributed by atoms with E-state index in [1.54, 1.807) is 12.3 Å². The van der Waals surface area contributed by atoms with Crippen molar-refractivity contribution in [3.8, 4) is 0 Å². The predicted molar refractivity (Wildman–Crippen MR) is 104 cm³/mol. The number of amides is 3. The highest BCUT2D eigenvalue weighted by Gasteiger charge is 2.41. The lowest BCUT2D eigenvalue weighted by Crippen LogP contribution is -2.53. The molecular formula is C22H17N3O3. The largest absolute Gasteiger partial charge is 0.295 e. The number of hydrogen-bond donors (Lipinski definition) is 1. The first-order valence-electron chi connectivity index (χ1n) is 9.25. The Morgan fingerprint density at radius 3 is 2.64 bits per heavy atom. The summed E-state index contributed by atoms with van der Waals surface area (Å²) in [5.41, 5.74) is 3.25. The molecule has 3 amide bonds. The van der Waals surface area contributed by atoms with E-state index in [1.807, 2.05) is 42.5 Å². The Labute approximate surface area is 161 Å². The van der Waals surface area contributed by atoms with Crippen molar-refractivity contribution in [1.29, 1.82) is 0 Å². The van der Waals surface area contributed by atoms with Gasteiger partial charge in [0.15, 0.2) is 0 Å². The van der Waals surface area contributed by atoms with Crippen LogP contribution in [0.1, 0.15) is 34.5 Å². The number of benzene rings is 2. The molecule has 2 aliphatic rings. The van der Waals surface area contributed by atoms with Crippen LogP contribution < -0.4 is 10.2 Å². The third kappa shape index (κ3) is 2.49. The standard InChI is InChI=1S/C22H17N3O3/c26-19-10-9-17(21(27)24-19)25-18-12-23-16(11-13-5-2-1-3-6-13)14-7-4-8-15(20(14)18)22(25)28/h1-8,12,17H,9-11H2,(H,24,26,27). The SMILES string of the molecule is O=C1CCC(N2C(=O)c3cccc4c(Cc5ccccc5)ncc2c34)C(=O)N1. The van der Waals surface area contributed by atoms with Crippen molar-refractivity contribution >= 4 is 34.2 Å². The van der Waals surface area contributed by atoms with Crippen molar-refractivity contribution < 1.29 is 14.4 Å². The minimum atomic E-state index is -0.692. The van der Waals surface area contributed by atoms with Crippen LogP contribution in [-0.4, -0.2) is 28.7 Å². The molecule has 5 rings (SSSR count). The van der Waals surface area contributed by atoms with Gasteiger partial charge in [0.2, 0.25) is 11.8 Å². The highest BCUT2D eigenvalue weighted by molar-refractivity contribution is 6.27. The molecular weight excluding hydrogens is 354 g/mol. The van der Waals surface area contributed by atoms with Gasteiger partial charge in [0, 0.05) is 29.2 Å². The van der Waals surface area contributed by atoms with Gasteiger partial charge < -0.3 is 0 Å². The minimum absolute atomic E-state index is 0.214. The molecule has 3 heterocycles. The van der Waals surface area contributed by atoms with Gasteiger partial charge in [-0.1, -0.05) is 42.5 Å². The Kier molecular flexibility index (Phi) is 3.72. The summed E-state index contributed by atoms with van der Waals surface area (Å²) in [6.07, 6.45) is 2.88. The van der Waals surface area contributed by atoms with E-state index in [1.165, 1.54) is 4.90 Å². The number of nitrogens with zero attached hydrogens (tertiary/aromatic N) is 2. The maximum Gasteiger partial charge on any atom is 0.259 e. The van der Waals surface area contributed by atoms with Gasteiger partial charge >= 0.3 is 0 Å². The summed E-state index contributed by atoms with van der Waals surface area (Å²) in [4.78, 5) is 43.1. The molecule has 1 fully saturated rings. The molecule has 2 aliphatic heterocycles. The van der Waals surface area contributed by atoms with E-state index in [2.05, 4.69) is 10.3 Å². The highest BCUT2D eigenvalue weighted by atomic mass is 16.2. The fraction of sp³-hybridized carbons (Fsp3) is 0.182. The fourth-order valence-corrected chi connectivity index (χ4v) is 4.11. The number of rotatable bonds is 3. The van der Waals surface area contributed by atoms with Crippen molar-refractivity contribution in [3.63, 3.8) is 0 Å². The topological polar surface area (TPSA) is 79.4 Å². The average molecular weight is 371 g/mol. The van der Waals surface area contributed by atoms with Crippen LogP contribution in [0.2, 0.25) is 0 Å². The molecule has 0 radical (unpaired) electrons. The van der Waals surface area contributed by atoms with E-state index in [9.17, 15) is 14.4 Å². The Balaban J connectivity index is 1.61. The van der Waals surface area contributed by atoms with E-state index in [-0.39, 0.29) is 18.2 Å². The van der Waals surface area contributed by atoms with Crippen LogP contribution >= 0.6 is 0 Å². The summed E-state index contributed by atoms with van der Waals surface area (Å²) in [7, 11) is 0. The van der Waals surface area contributed by atoms with Crippen LogP contribution in [0, 0.1) is 0 Å². The molecule has 1 N–H and O–H groups in total. The molecule has 6 heteroatoms. The number of carbonyl (C=O) groups is 3. The molecule has 3 aromatic rings. The van der Waals surface area contributed by atoms with Crippen molar-refractivity contribution in [3.05, 3.63) is 71.5 Å². The number of nitrogens with one attached hydrogen (secondary N) is 1. The number of pyridine rings is 1. The van der Waals surface area contributed by atoms with Gasteiger partial charge in [-0.05, 0) is 18.1 Å². The second-order valence-electron chi connectivity index (χ2n) is 7.12. The fourth-order valence-electron chi connectivity index (χ4n) is 4.11. The van der Waals surface area contributed by atoms with Crippen molar-refractivity contribution in [2.75, 3.05) is 4.90 Å². The first-order chi connectivity index (χ1) is 13.6. The lowest BCUT2D eigenvalue weighted by Gasteiger charge is -2.30. The monoisotopic (exact) mass is 371 g/mol. The molecule has 0 saturated carbocycles. The number of imide groups is 1. The summed E-state index contributed by atoms with van der Waals surface area (Å²) in [5.74, 6) is -0.945. The number of piperidine rings is 1. The molecule has 2 aromatic carbocycles. The zero-order valence-electron chi connectivity index (χ0n) is 15.0. The summed E-state index contributed by atoms with van der Waals surface area (Å²) in [6.45, 7) is 0. The van der Waals surface area contributed by atoms with Gasteiger partial charge in [-0.2, -0.15) is 0 Å². The Morgan fingerprint density at radius 2 is 1.86 bits per heavy atom.